The second kappa shape index (κ2) is 8.49. The van der Waals surface area contributed by atoms with Crippen LogP contribution in [0.2, 0.25) is 0 Å². The van der Waals surface area contributed by atoms with Crippen LogP contribution in [0, 0.1) is 5.92 Å². The van der Waals surface area contributed by atoms with E-state index >= 15 is 0 Å². The molecule has 3 rings (SSSR count). The van der Waals surface area contributed by atoms with Crippen LogP contribution in [-0.4, -0.2) is 48.1 Å². The van der Waals surface area contributed by atoms with Gasteiger partial charge in [0.25, 0.3) is 0 Å². The summed E-state index contributed by atoms with van der Waals surface area (Å²) in [6, 6.07) is 7.78. The van der Waals surface area contributed by atoms with Crippen LogP contribution in [0.4, 0.5) is 0 Å². The molecule has 1 aromatic carbocycles. The Morgan fingerprint density at radius 2 is 2.04 bits per heavy atom. The van der Waals surface area contributed by atoms with E-state index in [1.807, 2.05) is 18.2 Å². The monoisotopic (exact) mass is 331 g/mol. The highest BCUT2D eigenvalue weighted by Crippen LogP contribution is 2.18. The first-order valence-corrected chi connectivity index (χ1v) is 9.22. The van der Waals surface area contributed by atoms with Gasteiger partial charge in [-0.05, 0) is 62.9 Å². The van der Waals surface area contributed by atoms with E-state index in [0.29, 0.717) is 11.8 Å². The lowest BCUT2D eigenvalue weighted by Crippen LogP contribution is -2.46. The normalized spacial score (nSPS) is 23.6. The molecule has 3 N–H and O–H groups in total. The lowest BCUT2D eigenvalue weighted by atomic mass is 9.97. The number of piperidine rings is 1. The Balaban J connectivity index is 1.42. The first kappa shape index (κ1) is 17.2. The number of hydrogen-bond donors (Lipinski definition) is 3. The Bertz CT molecular complexity index is 533. The molecule has 5 heteroatoms. The number of aromatic hydroxyl groups is 1. The Hall–Kier alpha value is -1.59. The molecule has 0 spiro atoms. The van der Waals surface area contributed by atoms with E-state index in [-0.39, 0.29) is 11.8 Å². The Morgan fingerprint density at radius 1 is 1.21 bits per heavy atom. The van der Waals surface area contributed by atoms with E-state index in [9.17, 15) is 9.90 Å². The van der Waals surface area contributed by atoms with Crippen LogP contribution in [0.1, 0.15) is 37.7 Å². The van der Waals surface area contributed by atoms with Crippen molar-refractivity contribution in [1.29, 1.82) is 0 Å². The molecule has 2 heterocycles. The van der Waals surface area contributed by atoms with E-state index in [1.54, 1.807) is 6.07 Å². The molecule has 0 aliphatic carbocycles. The van der Waals surface area contributed by atoms with Gasteiger partial charge in [0.15, 0.2) is 0 Å². The molecule has 1 amide bonds. The average molecular weight is 331 g/mol. The first-order valence-electron chi connectivity index (χ1n) is 9.22. The minimum atomic E-state index is 0.185. The van der Waals surface area contributed by atoms with Gasteiger partial charge in [-0.2, -0.15) is 0 Å². The molecule has 132 valence electrons. The molecule has 0 aromatic heterocycles. The van der Waals surface area contributed by atoms with Gasteiger partial charge in [0.05, 0.1) is 0 Å². The summed E-state index contributed by atoms with van der Waals surface area (Å²) >= 11 is 0. The smallest absolute Gasteiger partial charge is 0.223 e. The van der Waals surface area contributed by atoms with Crippen LogP contribution in [0.5, 0.6) is 5.75 Å². The molecular weight excluding hydrogens is 302 g/mol. The number of phenolic OH excluding ortho intramolecular Hbond substituents is 1. The highest BCUT2D eigenvalue weighted by molar-refractivity contribution is 5.79. The molecule has 2 aliphatic rings. The Morgan fingerprint density at radius 3 is 2.83 bits per heavy atom. The zero-order valence-corrected chi connectivity index (χ0v) is 14.3. The predicted molar refractivity (Wildman–Crippen MR) is 94.8 cm³/mol. The molecule has 0 unspecified atom stereocenters. The summed E-state index contributed by atoms with van der Waals surface area (Å²) in [7, 11) is 0. The van der Waals surface area contributed by atoms with E-state index in [2.05, 4.69) is 15.5 Å². The zero-order chi connectivity index (χ0) is 16.8. The maximum atomic E-state index is 12.4. The van der Waals surface area contributed by atoms with Crippen LogP contribution in [0.15, 0.2) is 24.3 Å². The number of phenols is 1. The third-order valence-electron chi connectivity index (χ3n) is 5.20. The molecule has 2 aliphatic heterocycles. The molecule has 0 radical (unpaired) electrons. The second-order valence-electron chi connectivity index (χ2n) is 7.11. The number of nitrogens with zero attached hydrogens (tertiary/aromatic N) is 1. The number of nitrogens with one attached hydrogen (secondary N) is 2. The van der Waals surface area contributed by atoms with Crippen molar-refractivity contribution in [3.8, 4) is 5.75 Å². The number of benzene rings is 1. The fourth-order valence-corrected chi connectivity index (χ4v) is 3.75. The van der Waals surface area contributed by atoms with Crippen molar-refractivity contribution in [1.82, 2.24) is 15.5 Å². The van der Waals surface area contributed by atoms with Gasteiger partial charge in [-0.3, -0.25) is 9.69 Å². The molecule has 1 atom stereocenters. The van der Waals surface area contributed by atoms with Crippen LogP contribution in [0.25, 0.3) is 0 Å². The fraction of sp³-hybridized carbons (Fsp3) is 0.632. The zero-order valence-electron chi connectivity index (χ0n) is 14.3. The summed E-state index contributed by atoms with van der Waals surface area (Å²) in [6.07, 6.45) is 5.09. The molecule has 0 bridgehead atoms. The van der Waals surface area contributed by atoms with Crippen molar-refractivity contribution in [2.45, 2.75) is 44.7 Å². The van der Waals surface area contributed by atoms with Gasteiger partial charge in [0, 0.05) is 31.6 Å². The van der Waals surface area contributed by atoms with Crippen molar-refractivity contribution in [3.05, 3.63) is 29.8 Å². The summed E-state index contributed by atoms with van der Waals surface area (Å²) in [5.74, 6) is 0.767. The summed E-state index contributed by atoms with van der Waals surface area (Å²) in [4.78, 5) is 14.8. The predicted octanol–water partition coefficient (Wildman–Crippen LogP) is 1.86. The molecule has 24 heavy (non-hydrogen) atoms. The number of likely N-dealkylation sites (tertiary alicyclic amines) is 1. The van der Waals surface area contributed by atoms with Crippen molar-refractivity contribution in [2.75, 3.05) is 26.2 Å². The lowest BCUT2D eigenvalue weighted by Gasteiger charge is -2.33. The van der Waals surface area contributed by atoms with Crippen molar-refractivity contribution in [3.63, 3.8) is 0 Å². The van der Waals surface area contributed by atoms with Crippen molar-refractivity contribution < 1.29 is 9.90 Å². The molecular formula is C19H29N3O2. The molecule has 1 aromatic rings. The highest BCUT2D eigenvalue weighted by Gasteiger charge is 2.25. The van der Waals surface area contributed by atoms with Gasteiger partial charge in [-0.15, -0.1) is 0 Å². The van der Waals surface area contributed by atoms with Crippen LogP contribution in [-0.2, 0) is 11.3 Å². The standard InChI is InChI=1S/C19H29N3O2/c23-18-5-1-3-15(13-18)14-22-11-7-17(8-12-22)21-19(24)16-4-2-9-20-10-6-16/h1,3,5,13,16-17,20,23H,2,4,6-12,14H2,(H,21,24)/t16-/m0/s1. The van der Waals surface area contributed by atoms with Crippen molar-refractivity contribution in [2.24, 2.45) is 5.92 Å². The summed E-state index contributed by atoms with van der Waals surface area (Å²) in [5.41, 5.74) is 1.14. The van der Waals surface area contributed by atoms with Gasteiger partial charge in [0.2, 0.25) is 5.91 Å². The highest BCUT2D eigenvalue weighted by atomic mass is 16.3. The fourth-order valence-electron chi connectivity index (χ4n) is 3.75. The second-order valence-corrected chi connectivity index (χ2v) is 7.11. The number of hydrogen-bond acceptors (Lipinski definition) is 4. The van der Waals surface area contributed by atoms with Gasteiger partial charge < -0.3 is 15.7 Å². The van der Waals surface area contributed by atoms with Crippen molar-refractivity contribution >= 4 is 5.91 Å². The van der Waals surface area contributed by atoms with Gasteiger partial charge in [-0.25, -0.2) is 0 Å². The third-order valence-corrected chi connectivity index (χ3v) is 5.20. The first-order chi connectivity index (χ1) is 11.7. The van der Waals surface area contributed by atoms with Crippen LogP contribution in [0.3, 0.4) is 0 Å². The van der Waals surface area contributed by atoms with Gasteiger partial charge >= 0.3 is 0 Å². The Kier molecular flexibility index (Phi) is 6.10. The van der Waals surface area contributed by atoms with Gasteiger partial charge in [-0.1, -0.05) is 12.1 Å². The number of amides is 1. The number of rotatable bonds is 4. The lowest BCUT2D eigenvalue weighted by molar-refractivity contribution is -0.126. The van der Waals surface area contributed by atoms with E-state index in [1.165, 1.54) is 0 Å². The molecule has 0 saturated carbocycles. The average Bonchev–Trinajstić information content (AvgIpc) is 2.86. The SMILES string of the molecule is O=C(NC1CCN(Cc2cccc(O)c2)CC1)[C@H]1CCCNCC1. The Labute approximate surface area is 144 Å². The third kappa shape index (κ3) is 4.95. The van der Waals surface area contributed by atoms with Crippen LogP contribution >= 0.6 is 0 Å². The van der Waals surface area contributed by atoms with E-state index < -0.39 is 0 Å². The summed E-state index contributed by atoms with van der Waals surface area (Å²) in [6.45, 7) is 4.85. The number of carbonyl (C=O) groups excluding carboxylic acids is 1. The molecule has 2 saturated heterocycles. The maximum absolute atomic E-state index is 12.4. The largest absolute Gasteiger partial charge is 0.508 e. The topological polar surface area (TPSA) is 64.6 Å². The summed E-state index contributed by atoms with van der Waals surface area (Å²) < 4.78 is 0. The molecule has 2 fully saturated rings. The van der Waals surface area contributed by atoms with Crippen LogP contribution < -0.4 is 10.6 Å². The minimum Gasteiger partial charge on any atom is -0.508 e. The van der Waals surface area contributed by atoms with Gasteiger partial charge in [0.1, 0.15) is 5.75 Å². The molecule has 5 nitrogen and oxygen atoms in total. The number of carbonyl (C=O) groups is 1. The van der Waals surface area contributed by atoms with E-state index in [4.69, 9.17) is 0 Å². The van der Waals surface area contributed by atoms with E-state index in [0.717, 1.165) is 70.4 Å². The summed E-state index contributed by atoms with van der Waals surface area (Å²) in [5, 5.41) is 16.2. The maximum Gasteiger partial charge on any atom is 0.223 e. The quantitative estimate of drug-likeness (QED) is 0.788. The minimum absolute atomic E-state index is 0.185.